The SMILES string of the molecule is Cc1c(C)c(P(=O)(O)O)c(C)c(C)c1[Si](c1c(C)c(C)c(P(=O)(O)O)c(C)c1C)(c1c(C)c(C)c(P(=O)(O)O)c(C)c1C)c1c(C)c(C)c(P(=O)(O)O)c(C)c1C. The van der Waals surface area contributed by atoms with Gasteiger partial charge >= 0.3 is 30.4 Å². The van der Waals surface area contributed by atoms with Gasteiger partial charge in [0.25, 0.3) is 0 Å². The Hall–Kier alpha value is -2.30. The van der Waals surface area contributed by atoms with Crippen molar-refractivity contribution in [3.05, 3.63) is 89.0 Å². The van der Waals surface area contributed by atoms with E-state index in [0.717, 1.165) is 0 Å². The summed E-state index contributed by atoms with van der Waals surface area (Å²) in [6.07, 6.45) is 0. The van der Waals surface area contributed by atoms with Gasteiger partial charge in [-0.2, -0.15) is 0 Å². The molecule has 312 valence electrons. The predicted molar refractivity (Wildman–Crippen MR) is 233 cm³/mol. The van der Waals surface area contributed by atoms with Crippen molar-refractivity contribution < 1.29 is 57.4 Å². The molecule has 0 bridgehead atoms. The van der Waals surface area contributed by atoms with Gasteiger partial charge in [-0.25, -0.2) is 0 Å². The van der Waals surface area contributed by atoms with Crippen LogP contribution in [0.1, 0.15) is 89.0 Å². The first-order valence-electron chi connectivity index (χ1n) is 18.2. The Morgan fingerprint density at radius 2 is 0.351 bits per heavy atom. The number of rotatable bonds is 8. The smallest absolute Gasteiger partial charge is 0.321 e. The molecule has 17 heteroatoms. The van der Waals surface area contributed by atoms with E-state index in [4.69, 9.17) is 0 Å². The molecular formula is C40H56O12P4Si. The Morgan fingerprint density at radius 1 is 0.246 bits per heavy atom. The van der Waals surface area contributed by atoms with E-state index in [1.54, 1.807) is 111 Å². The maximum absolute atomic E-state index is 13.2. The lowest BCUT2D eigenvalue weighted by Gasteiger charge is -2.45. The largest absolute Gasteiger partial charge is 0.356 e. The lowest BCUT2D eigenvalue weighted by molar-refractivity contribution is 0.385. The molecule has 0 aliphatic heterocycles. The van der Waals surface area contributed by atoms with Gasteiger partial charge in [0.05, 0.1) is 21.2 Å². The number of benzene rings is 4. The molecule has 0 saturated carbocycles. The van der Waals surface area contributed by atoms with Crippen LogP contribution in [0.25, 0.3) is 0 Å². The van der Waals surface area contributed by atoms with Gasteiger partial charge in [-0.3, -0.25) is 18.3 Å². The molecule has 0 atom stereocenters. The minimum Gasteiger partial charge on any atom is -0.321 e. The topological polar surface area (TPSA) is 230 Å². The summed E-state index contributed by atoms with van der Waals surface area (Å²) < 4.78 is 52.9. The summed E-state index contributed by atoms with van der Waals surface area (Å²) in [6.45, 7) is 27.5. The molecule has 0 aliphatic rings. The molecule has 4 rings (SSSR count). The third-order valence-corrected chi connectivity index (χ3v) is 24.0. The quantitative estimate of drug-likeness (QED) is 0.0725. The Morgan fingerprint density at radius 3 is 0.439 bits per heavy atom. The number of hydrogen-bond acceptors (Lipinski definition) is 4. The highest BCUT2D eigenvalue weighted by Gasteiger charge is 2.53. The molecule has 0 fully saturated rings. The van der Waals surface area contributed by atoms with Gasteiger partial charge in [0.15, 0.2) is 8.07 Å². The molecule has 8 N–H and O–H groups in total. The summed E-state index contributed by atoms with van der Waals surface area (Å²) >= 11 is 0. The van der Waals surface area contributed by atoms with Crippen molar-refractivity contribution >= 4 is 80.4 Å². The van der Waals surface area contributed by atoms with Crippen molar-refractivity contribution in [2.45, 2.75) is 111 Å². The highest BCUT2D eigenvalue weighted by atomic mass is 31.2. The second-order valence-corrected chi connectivity index (χ2v) is 25.5. The van der Waals surface area contributed by atoms with Crippen molar-refractivity contribution in [3.8, 4) is 0 Å². The lowest BCUT2D eigenvalue weighted by atomic mass is 9.99. The molecule has 0 heterocycles. The predicted octanol–water partition coefficient (Wildman–Crippen LogP) is 3.21. The van der Waals surface area contributed by atoms with E-state index in [0.29, 0.717) is 110 Å². The second kappa shape index (κ2) is 15.0. The Kier molecular flexibility index (Phi) is 12.5. The van der Waals surface area contributed by atoms with Crippen LogP contribution in [0.4, 0.5) is 0 Å². The summed E-state index contributed by atoms with van der Waals surface area (Å²) in [6, 6.07) is 0. The van der Waals surface area contributed by atoms with E-state index < -0.39 is 38.5 Å². The zero-order chi connectivity index (χ0) is 44.4. The second-order valence-electron chi connectivity index (χ2n) is 15.8. The van der Waals surface area contributed by atoms with E-state index in [9.17, 15) is 57.4 Å². The first-order valence-corrected chi connectivity index (χ1v) is 26.7. The van der Waals surface area contributed by atoms with Gasteiger partial charge in [-0.1, -0.05) is 0 Å². The first-order chi connectivity index (χ1) is 25.5. The van der Waals surface area contributed by atoms with Crippen molar-refractivity contribution in [1.82, 2.24) is 0 Å². The van der Waals surface area contributed by atoms with Crippen molar-refractivity contribution in [1.29, 1.82) is 0 Å². The van der Waals surface area contributed by atoms with Gasteiger partial charge in [0.1, 0.15) is 0 Å². The van der Waals surface area contributed by atoms with Crippen LogP contribution in [-0.2, 0) is 18.3 Å². The summed E-state index contributed by atoms with van der Waals surface area (Å²) in [5.74, 6) is 0. The first kappa shape index (κ1) is 47.4. The summed E-state index contributed by atoms with van der Waals surface area (Å²) in [5.41, 5.74) is 6.98. The van der Waals surface area contributed by atoms with Gasteiger partial charge < -0.3 is 39.1 Å². The maximum Gasteiger partial charge on any atom is 0.356 e. The molecule has 0 amide bonds. The fourth-order valence-corrected chi connectivity index (χ4v) is 22.3. The molecule has 4 aromatic carbocycles. The molecule has 0 spiro atoms. The standard InChI is InChI=1S/C40H56O12P4Si/c1-17-25(9)37(26(10)18(2)33(17)53(41,42)43)57(38-27(11)19(3)34(54(44,45)46)20(4)28(38)12,39-29(13)21(5)35(55(47,48)49)22(6)30(39)14)40-31(15)23(7)36(56(50,51)52)24(8)32(40)16/h1-16H3,(H2,41,42,43)(H2,44,45,46)(H2,47,48,49)(H2,50,51,52). The van der Waals surface area contributed by atoms with Crippen LogP contribution in [0, 0.1) is 111 Å². The van der Waals surface area contributed by atoms with Crippen LogP contribution in [0.2, 0.25) is 0 Å². The normalized spacial score (nSPS) is 13.2. The molecule has 0 unspecified atom stereocenters. The minimum absolute atomic E-state index is 0.128. The van der Waals surface area contributed by atoms with Crippen LogP contribution in [0.15, 0.2) is 0 Å². The molecule has 0 saturated heterocycles. The van der Waals surface area contributed by atoms with E-state index >= 15 is 0 Å². The highest BCUT2D eigenvalue weighted by molar-refractivity contribution is 7.61. The van der Waals surface area contributed by atoms with E-state index in [1.165, 1.54) is 0 Å². The monoisotopic (exact) mass is 880 g/mol. The Balaban J connectivity index is 2.79. The fraction of sp³-hybridized carbons (Fsp3) is 0.400. The Bertz CT molecular complexity index is 2160. The summed E-state index contributed by atoms with van der Waals surface area (Å²) in [4.78, 5) is 86.0. The van der Waals surface area contributed by atoms with Gasteiger partial charge in [-0.15, -0.1) is 0 Å². The summed E-state index contributed by atoms with van der Waals surface area (Å²) in [5, 5.41) is 2.29. The van der Waals surface area contributed by atoms with Crippen LogP contribution in [-0.4, -0.2) is 47.2 Å². The average Bonchev–Trinajstić information content (AvgIpc) is 3.02. The fourth-order valence-electron chi connectivity index (χ4n) is 9.92. The van der Waals surface area contributed by atoms with E-state index in [-0.39, 0.29) is 21.2 Å². The van der Waals surface area contributed by atoms with Crippen molar-refractivity contribution in [2.75, 3.05) is 0 Å². The van der Waals surface area contributed by atoms with Crippen LogP contribution in [0.5, 0.6) is 0 Å². The van der Waals surface area contributed by atoms with Crippen LogP contribution in [0.3, 0.4) is 0 Å². The molecular weight excluding hydrogens is 824 g/mol. The molecule has 0 aliphatic carbocycles. The number of hydrogen-bond donors (Lipinski definition) is 8. The van der Waals surface area contributed by atoms with Crippen molar-refractivity contribution in [3.63, 3.8) is 0 Å². The van der Waals surface area contributed by atoms with E-state index in [1.807, 2.05) is 0 Å². The molecule has 4 aromatic rings. The third-order valence-electron chi connectivity index (χ3n) is 13.0. The molecule has 0 aromatic heterocycles. The zero-order valence-electron chi connectivity index (χ0n) is 35.5. The van der Waals surface area contributed by atoms with Crippen molar-refractivity contribution in [2.24, 2.45) is 0 Å². The van der Waals surface area contributed by atoms with Gasteiger partial charge in [-0.05, 0) is 221 Å². The average molecular weight is 881 g/mol. The molecule has 12 nitrogen and oxygen atoms in total. The third kappa shape index (κ3) is 7.15. The lowest BCUT2D eigenvalue weighted by Crippen LogP contribution is -2.80. The molecule has 0 radical (unpaired) electrons. The zero-order valence-corrected chi connectivity index (χ0v) is 40.1. The maximum atomic E-state index is 13.2. The van der Waals surface area contributed by atoms with Gasteiger partial charge in [0, 0.05) is 0 Å². The summed E-state index contributed by atoms with van der Waals surface area (Å²) in [7, 11) is -23.7. The van der Waals surface area contributed by atoms with E-state index in [2.05, 4.69) is 0 Å². The van der Waals surface area contributed by atoms with Crippen LogP contribution >= 0.6 is 30.4 Å². The minimum atomic E-state index is -4.86. The Labute approximate surface area is 336 Å². The molecule has 57 heavy (non-hydrogen) atoms. The van der Waals surface area contributed by atoms with Crippen LogP contribution < -0.4 is 42.0 Å². The van der Waals surface area contributed by atoms with Gasteiger partial charge in [0.2, 0.25) is 0 Å². The highest BCUT2D eigenvalue weighted by Crippen LogP contribution is 2.43.